The summed E-state index contributed by atoms with van der Waals surface area (Å²) in [6.45, 7) is 0.477. The minimum absolute atomic E-state index is 0.135. The Bertz CT molecular complexity index is 908. The first-order valence-electron chi connectivity index (χ1n) is 10.2. The highest BCUT2D eigenvalue weighted by Gasteiger charge is 2.78. The highest BCUT2D eigenvalue weighted by atomic mass is 35.5. The van der Waals surface area contributed by atoms with E-state index < -0.39 is 54.6 Å². The molecular weight excluding hydrogens is 505 g/mol. The SMILES string of the molecule is CCOP(=S)(OCC)C(F)(F)[C@@]1(O)[C@@H](COC(=O)c2ccc(Cl)cc2)O[C@@H]2OC(C)(C)O[C@@H]21. The van der Waals surface area contributed by atoms with Crippen LogP contribution in [0.2, 0.25) is 5.02 Å². The van der Waals surface area contributed by atoms with Crippen LogP contribution in [-0.4, -0.2) is 66.4 Å². The van der Waals surface area contributed by atoms with E-state index in [9.17, 15) is 9.90 Å². The maximum absolute atomic E-state index is 16.0. The second kappa shape index (κ2) is 9.72. The number of carbonyl (C=O) groups excluding carboxylic acids is 1. The highest BCUT2D eigenvalue weighted by molar-refractivity contribution is 8.10. The molecule has 0 amide bonds. The van der Waals surface area contributed by atoms with Gasteiger partial charge in [-0.15, -0.1) is 0 Å². The Kier molecular flexibility index (Phi) is 7.90. The first kappa shape index (κ1) is 26.8. The number of benzene rings is 1. The van der Waals surface area contributed by atoms with Crippen molar-refractivity contribution >= 4 is 35.9 Å². The molecule has 13 heteroatoms. The van der Waals surface area contributed by atoms with Gasteiger partial charge in [0.25, 0.3) is 6.49 Å². The van der Waals surface area contributed by atoms with Crippen molar-refractivity contribution in [3.63, 3.8) is 0 Å². The maximum Gasteiger partial charge on any atom is 0.353 e. The number of halogens is 3. The van der Waals surface area contributed by atoms with Gasteiger partial charge in [0, 0.05) is 5.02 Å². The third-order valence-electron chi connectivity index (χ3n) is 5.15. The third kappa shape index (κ3) is 4.85. The zero-order valence-electron chi connectivity index (χ0n) is 18.5. The fourth-order valence-electron chi connectivity index (χ4n) is 3.69. The lowest BCUT2D eigenvalue weighted by Gasteiger charge is -2.42. The van der Waals surface area contributed by atoms with Crippen LogP contribution >= 0.6 is 18.1 Å². The molecule has 2 saturated heterocycles. The molecule has 0 radical (unpaired) electrons. The van der Waals surface area contributed by atoms with E-state index >= 15 is 8.78 Å². The molecule has 2 aliphatic heterocycles. The molecule has 2 fully saturated rings. The zero-order valence-corrected chi connectivity index (χ0v) is 20.9. The van der Waals surface area contributed by atoms with Gasteiger partial charge in [0.05, 0.1) is 18.8 Å². The largest absolute Gasteiger partial charge is 0.459 e. The molecule has 186 valence electrons. The quantitative estimate of drug-likeness (QED) is 0.374. The van der Waals surface area contributed by atoms with Crippen LogP contribution in [-0.2, 0) is 39.8 Å². The Balaban J connectivity index is 1.93. The monoisotopic (exact) mass is 530 g/mol. The van der Waals surface area contributed by atoms with Gasteiger partial charge in [-0.25, -0.2) is 4.79 Å². The minimum Gasteiger partial charge on any atom is -0.459 e. The Morgan fingerprint density at radius 1 is 1.21 bits per heavy atom. The number of hydrogen-bond acceptors (Lipinski definition) is 9. The molecule has 2 aliphatic rings. The fraction of sp³-hybridized carbons (Fsp3) is 0.650. The molecular formula is C20H26ClF2O8PS. The smallest absolute Gasteiger partial charge is 0.353 e. The van der Waals surface area contributed by atoms with Gasteiger partial charge in [0.1, 0.15) is 18.8 Å². The lowest BCUT2D eigenvalue weighted by molar-refractivity contribution is -0.261. The van der Waals surface area contributed by atoms with Gasteiger partial charge in [-0.2, -0.15) is 8.78 Å². The van der Waals surface area contributed by atoms with Crippen LogP contribution in [0.5, 0.6) is 0 Å². The predicted octanol–water partition coefficient (Wildman–Crippen LogP) is 4.08. The fourth-order valence-corrected chi connectivity index (χ4v) is 6.67. The summed E-state index contributed by atoms with van der Waals surface area (Å²) in [6, 6.07) is 5.77. The van der Waals surface area contributed by atoms with E-state index in [-0.39, 0.29) is 18.8 Å². The third-order valence-corrected chi connectivity index (χ3v) is 8.97. The van der Waals surface area contributed by atoms with Crippen molar-refractivity contribution in [2.75, 3.05) is 19.8 Å². The number of carbonyl (C=O) groups is 1. The Morgan fingerprint density at radius 2 is 1.79 bits per heavy atom. The summed E-state index contributed by atoms with van der Waals surface area (Å²) < 4.78 is 64.3. The molecule has 0 spiro atoms. The average Bonchev–Trinajstić information content (AvgIpc) is 3.17. The van der Waals surface area contributed by atoms with Gasteiger partial charge >= 0.3 is 11.6 Å². The number of rotatable bonds is 9. The van der Waals surface area contributed by atoms with E-state index in [0.29, 0.717) is 5.02 Å². The predicted molar refractivity (Wildman–Crippen MR) is 118 cm³/mol. The van der Waals surface area contributed by atoms with Crippen LogP contribution in [0.4, 0.5) is 8.78 Å². The number of esters is 1. The lowest BCUT2D eigenvalue weighted by atomic mass is 9.92. The van der Waals surface area contributed by atoms with Gasteiger partial charge in [-0.05, 0) is 63.8 Å². The minimum atomic E-state index is -4.40. The van der Waals surface area contributed by atoms with Crippen molar-refractivity contribution in [3.8, 4) is 0 Å². The Morgan fingerprint density at radius 3 is 2.33 bits per heavy atom. The molecule has 1 aromatic carbocycles. The Labute approximate surface area is 200 Å². The molecule has 8 nitrogen and oxygen atoms in total. The molecule has 4 atom stereocenters. The lowest BCUT2D eigenvalue weighted by Crippen LogP contribution is -2.62. The van der Waals surface area contributed by atoms with Crippen LogP contribution in [0.3, 0.4) is 0 Å². The summed E-state index contributed by atoms with van der Waals surface area (Å²) in [5.74, 6) is -2.14. The summed E-state index contributed by atoms with van der Waals surface area (Å²) in [7, 11) is 0. The molecule has 3 rings (SSSR count). The van der Waals surface area contributed by atoms with Gasteiger partial charge in [0.15, 0.2) is 17.7 Å². The molecule has 0 saturated carbocycles. The van der Waals surface area contributed by atoms with Crippen molar-refractivity contribution < 1.29 is 46.7 Å². The number of fused-ring (bicyclic) bond motifs is 1. The number of ether oxygens (including phenoxy) is 4. The second-order valence-corrected chi connectivity index (χ2v) is 11.8. The molecule has 0 unspecified atom stereocenters. The van der Waals surface area contributed by atoms with Crippen LogP contribution < -0.4 is 0 Å². The van der Waals surface area contributed by atoms with Gasteiger partial charge in [-0.1, -0.05) is 11.6 Å². The van der Waals surface area contributed by atoms with E-state index in [4.69, 9.17) is 51.4 Å². The van der Waals surface area contributed by atoms with Crippen LogP contribution in [0, 0.1) is 0 Å². The van der Waals surface area contributed by atoms with E-state index in [2.05, 4.69) is 0 Å². The zero-order chi connectivity index (χ0) is 24.7. The molecule has 2 heterocycles. The Hall–Kier alpha value is -0.750. The summed E-state index contributed by atoms with van der Waals surface area (Å²) >= 11 is 10.9. The summed E-state index contributed by atoms with van der Waals surface area (Å²) in [5.41, 5.74) is -7.09. The first-order valence-corrected chi connectivity index (χ1v) is 13.3. The van der Waals surface area contributed by atoms with Gasteiger partial charge < -0.3 is 33.1 Å². The van der Waals surface area contributed by atoms with E-state index in [1.165, 1.54) is 52.0 Å². The summed E-state index contributed by atoms with van der Waals surface area (Å²) in [6.07, 6.45) is -4.76. The maximum atomic E-state index is 16.0. The van der Waals surface area contributed by atoms with Gasteiger partial charge in [0.2, 0.25) is 0 Å². The number of hydrogen-bond donors (Lipinski definition) is 1. The topological polar surface area (TPSA) is 92.7 Å². The van der Waals surface area contributed by atoms with Crippen molar-refractivity contribution in [2.45, 2.75) is 63.2 Å². The first-order chi connectivity index (χ1) is 15.3. The van der Waals surface area contributed by atoms with Crippen molar-refractivity contribution in [2.24, 2.45) is 0 Å². The second-order valence-electron chi connectivity index (χ2n) is 7.85. The van der Waals surface area contributed by atoms with Crippen molar-refractivity contribution in [1.29, 1.82) is 0 Å². The van der Waals surface area contributed by atoms with Crippen molar-refractivity contribution in [1.82, 2.24) is 0 Å². The molecule has 0 aromatic heterocycles. The average molecular weight is 531 g/mol. The summed E-state index contributed by atoms with van der Waals surface area (Å²) in [5, 5.41) is 11.9. The van der Waals surface area contributed by atoms with Crippen LogP contribution in [0.15, 0.2) is 24.3 Å². The van der Waals surface area contributed by atoms with Crippen molar-refractivity contribution in [3.05, 3.63) is 34.9 Å². The molecule has 0 aliphatic carbocycles. The number of aliphatic hydroxyl groups is 1. The molecule has 1 aromatic rings. The van der Waals surface area contributed by atoms with E-state index in [1.54, 1.807) is 0 Å². The highest BCUT2D eigenvalue weighted by Crippen LogP contribution is 2.69. The van der Waals surface area contributed by atoms with E-state index in [0.717, 1.165) is 0 Å². The molecule has 1 N–H and O–H groups in total. The number of alkyl halides is 2. The standard InChI is InChI=1S/C20H26ClF2O8PS/c1-5-27-32(33,28-6-2)20(22,23)19(25)14(29-17-15(19)30-18(3,4)31-17)11-26-16(24)12-7-9-13(21)10-8-12/h7-10,14-15,17,25H,5-6,11H2,1-4H3/t14-,15+,17-,19-/m1/s1. The molecule has 0 bridgehead atoms. The summed E-state index contributed by atoms with van der Waals surface area (Å²) in [4.78, 5) is 12.4. The normalized spacial score (nSPS) is 29.2. The molecule has 33 heavy (non-hydrogen) atoms. The van der Waals surface area contributed by atoms with Gasteiger partial charge in [-0.3, -0.25) is 0 Å². The van der Waals surface area contributed by atoms with Crippen LogP contribution in [0.1, 0.15) is 38.1 Å². The van der Waals surface area contributed by atoms with Crippen LogP contribution in [0.25, 0.3) is 0 Å². The van der Waals surface area contributed by atoms with E-state index in [1.807, 2.05) is 0 Å².